The number of hydrogen-bond acceptors (Lipinski definition) is 3. The van der Waals surface area contributed by atoms with Crippen LogP contribution in [0.3, 0.4) is 0 Å². The maximum atomic E-state index is 12.9. The quantitative estimate of drug-likeness (QED) is 0.768. The average molecular weight is 361 g/mol. The molecule has 0 aliphatic heterocycles. The van der Waals surface area contributed by atoms with Crippen molar-refractivity contribution >= 4 is 28.2 Å². The number of carbonyl (C=O) groups is 2. The molecular formula is C20H28N2O2S. The van der Waals surface area contributed by atoms with E-state index in [1.165, 1.54) is 36.1 Å². The molecule has 2 atom stereocenters. The molecule has 3 aliphatic rings. The monoisotopic (exact) mass is 360 g/mol. The Morgan fingerprint density at radius 2 is 1.96 bits per heavy atom. The van der Waals surface area contributed by atoms with Gasteiger partial charge in [0.2, 0.25) is 5.91 Å². The predicted molar refractivity (Wildman–Crippen MR) is 101 cm³/mol. The topological polar surface area (TPSA) is 58.2 Å². The van der Waals surface area contributed by atoms with E-state index in [4.69, 9.17) is 0 Å². The molecule has 5 heteroatoms. The SMILES string of the molecule is CCCC1CC1CNC(=O)c1c(NC(=O)C2CC2)sc2c1CCCC2. The summed E-state index contributed by atoms with van der Waals surface area (Å²) in [4.78, 5) is 26.4. The summed E-state index contributed by atoms with van der Waals surface area (Å²) in [6.07, 6.45) is 10.1. The number of fused-ring (bicyclic) bond motifs is 1. The van der Waals surface area contributed by atoms with E-state index in [1.54, 1.807) is 11.3 Å². The van der Waals surface area contributed by atoms with E-state index in [2.05, 4.69) is 17.6 Å². The number of rotatable bonds is 7. The number of anilines is 1. The number of thiophene rings is 1. The highest BCUT2D eigenvalue weighted by Crippen LogP contribution is 2.42. The fourth-order valence-corrected chi connectivity index (χ4v) is 5.34. The van der Waals surface area contributed by atoms with Crippen molar-refractivity contribution in [2.24, 2.45) is 17.8 Å². The van der Waals surface area contributed by atoms with Gasteiger partial charge in [-0.2, -0.15) is 0 Å². The van der Waals surface area contributed by atoms with Crippen molar-refractivity contribution < 1.29 is 9.59 Å². The summed E-state index contributed by atoms with van der Waals surface area (Å²) in [7, 11) is 0. The molecule has 2 N–H and O–H groups in total. The molecule has 0 aromatic carbocycles. The highest BCUT2D eigenvalue weighted by atomic mass is 32.1. The number of amides is 2. The van der Waals surface area contributed by atoms with Gasteiger partial charge in [-0.25, -0.2) is 0 Å². The fourth-order valence-electron chi connectivity index (χ4n) is 4.05. The normalized spacial score (nSPS) is 24.5. The Labute approximate surface area is 153 Å². The molecule has 0 spiro atoms. The highest BCUT2D eigenvalue weighted by molar-refractivity contribution is 7.17. The lowest BCUT2D eigenvalue weighted by Gasteiger charge is -2.13. The molecule has 0 bridgehead atoms. The lowest BCUT2D eigenvalue weighted by Crippen LogP contribution is -2.28. The zero-order valence-corrected chi connectivity index (χ0v) is 15.8. The first kappa shape index (κ1) is 17.1. The second-order valence-corrected chi connectivity index (χ2v) is 9.04. The highest BCUT2D eigenvalue weighted by Gasteiger charge is 2.37. The van der Waals surface area contributed by atoms with E-state index in [0.717, 1.165) is 55.1 Å². The van der Waals surface area contributed by atoms with E-state index in [9.17, 15) is 9.59 Å². The van der Waals surface area contributed by atoms with Crippen LogP contribution in [0, 0.1) is 17.8 Å². The maximum Gasteiger partial charge on any atom is 0.254 e. The molecule has 1 heterocycles. The van der Waals surface area contributed by atoms with Gasteiger partial charge >= 0.3 is 0 Å². The molecule has 3 aliphatic carbocycles. The third-order valence-electron chi connectivity index (χ3n) is 5.84. The van der Waals surface area contributed by atoms with Gasteiger partial charge in [-0.15, -0.1) is 11.3 Å². The van der Waals surface area contributed by atoms with Gasteiger partial charge in [0, 0.05) is 17.3 Å². The van der Waals surface area contributed by atoms with Crippen molar-refractivity contribution in [1.29, 1.82) is 0 Å². The zero-order chi connectivity index (χ0) is 17.4. The summed E-state index contributed by atoms with van der Waals surface area (Å²) in [6.45, 7) is 3.00. The van der Waals surface area contributed by atoms with Crippen LogP contribution in [-0.2, 0) is 17.6 Å². The number of nitrogens with one attached hydrogen (secondary N) is 2. The number of aryl methyl sites for hydroxylation is 1. The van der Waals surface area contributed by atoms with Gasteiger partial charge in [0.1, 0.15) is 5.00 Å². The third-order valence-corrected chi connectivity index (χ3v) is 7.04. The molecule has 136 valence electrons. The molecule has 25 heavy (non-hydrogen) atoms. The Kier molecular flexibility index (Phi) is 4.85. The van der Waals surface area contributed by atoms with Crippen molar-refractivity contribution in [1.82, 2.24) is 5.32 Å². The smallest absolute Gasteiger partial charge is 0.254 e. The average Bonchev–Trinajstić information content (AvgIpc) is 3.51. The van der Waals surface area contributed by atoms with Crippen LogP contribution in [0.15, 0.2) is 0 Å². The first-order valence-electron chi connectivity index (χ1n) is 9.91. The van der Waals surface area contributed by atoms with E-state index >= 15 is 0 Å². The van der Waals surface area contributed by atoms with Crippen molar-refractivity contribution in [3.63, 3.8) is 0 Å². The molecule has 0 radical (unpaired) electrons. The Morgan fingerprint density at radius 1 is 1.16 bits per heavy atom. The van der Waals surface area contributed by atoms with Gasteiger partial charge in [0.05, 0.1) is 5.56 Å². The molecule has 0 saturated heterocycles. The Bertz CT molecular complexity index is 677. The van der Waals surface area contributed by atoms with Gasteiger partial charge in [-0.05, 0) is 62.3 Å². The van der Waals surface area contributed by atoms with Crippen molar-refractivity contribution in [3.05, 3.63) is 16.0 Å². The maximum absolute atomic E-state index is 12.9. The fraction of sp³-hybridized carbons (Fsp3) is 0.700. The molecular weight excluding hydrogens is 332 g/mol. The Morgan fingerprint density at radius 3 is 2.72 bits per heavy atom. The van der Waals surface area contributed by atoms with Crippen LogP contribution >= 0.6 is 11.3 Å². The van der Waals surface area contributed by atoms with Crippen molar-refractivity contribution in [3.8, 4) is 0 Å². The third kappa shape index (κ3) is 3.76. The molecule has 2 amide bonds. The van der Waals surface area contributed by atoms with Gasteiger partial charge in [0.15, 0.2) is 0 Å². The molecule has 1 aromatic rings. The van der Waals surface area contributed by atoms with E-state index in [0.29, 0.717) is 5.92 Å². The van der Waals surface area contributed by atoms with Crippen molar-refractivity contribution in [2.75, 3.05) is 11.9 Å². The minimum absolute atomic E-state index is 0.0210. The van der Waals surface area contributed by atoms with E-state index < -0.39 is 0 Å². The minimum atomic E-state index is 0.0210. The molecule has 1 aromatic heterocycles. The summed E-state index contributed by atoms with van der Waals surface area (Å²) >= 11 is 1.63. The van der Waals surface area contributed by atoms with Crippen molar-refractivity contribution in [2.45, 2.75) is 64.7 Å². The van der Waals surface area contributed by atoms with E-state index in [-0.39, 0.29) is 17.7 Å². The van der Waals surface area contributed by atoms with Crippen LogP contribution in [-0.4, -0.2) is 18.4 Å². The summed E-state index contributed by atoms with van der Waals surface area (Å²) in [5, 5.41) is 7.02. The largest absolute Gasteiger partial charge is 0.352 e. The van der Waals surface area contributed by atoms with Crippen LogP contribution in [0.2, 0.25) is 0 Å². The zero-order valence-electron chi connectivity index (χ0n) is 15.0. The van der Waals surface area contributed by atoms with Gasteiger partial charge < -0.3 is 10.6 Å². The second kappa shape index (κ2) is 7.10. The first-order chi connectivity index (χ1) is 12.2. The van der Waals surface area contributed by atoms with E-state index in [1.807, 2.05) is 0 Å². The summed E-state index contributed by atoms with van der Waals surface area (Å²) in [6, 6.07) is 0. The number of hydrogen-bond donors (Lipinski definition) is 2. The van der Waals surface area contributed by atoms with Gasteiger partial charge in [-0.3, -0.25) is 9.59 Å². The van der Waals surface area contributed by atoms with Crippen LogP contribution < -0.4 is 10.6 Å². The lowest BCUT2D eigenvalue weighted by molar-refractivity contribution is -0.117. The van der Waals surface area contributed by atoms with Crippen LogP contribution in [0.5, 0.6) is 0 Å². The molecule has 2 saturated carbocycles. The second-order valence-electron chi connectivity index (χ2n) is 7.93. The lowest BCUT2D eigenvalue weighted by atomic mass is 9.95. The van der Waals surface area contributed by atoms with Crippen LogP contribution in [0.4, 0.5) is 5.00 Å². The van der Waals surface area contributed by atoms with Crippen LogP contribution in [0.1, 0.15) is 72.7 Å². The van der Waals surface area contributed by atoms with Crippen LogP contribution in [0.25, 0.3) is 0 Å². The predicted octanol–water partition coefficient (Wildman–Crippen LogP) is 4.14. The molecule has 4 nitrogen and oxygen atoms in total. The van der Waals surface area contributed by atoms with Gasteiger partial charge in [-0.1, -0.05) is 19.8 Å². The molecule has 2 fully saturated rings. The summed E-state index contributed by atoms with van der Waals surface area (Å²) < 4.78 is 0. The molecule has 2 unspecified atom stereocenters. The Balaban J connectivity index is 1.47. The summed E-state index contributed by atoms with van der Waals surface area (Å²) in [5.74, 6) is 1.74. The standard InChI is InChI=1S/C20H28N2O2S/c1-2-5-13-10-14(13)11-21-19(24)17-15-6-3-4-7-16(15)25-20(17)22-18(23)12-8-9-12/h12-14H,2-11H2,1H3,(H,21,24)(H,22,23). The molecule has 4 rings (SSSR count). The number of carbonyl (C=O) groups excluding carboxylic acids is 2. The minimum Gasteiger partial charge on any atom is -0.352 e. The Hall–Kier alpha value is -1.36. The summed E-state index contributed by atoms with van der Waals surface area (Å²) in [5.41, 5.74) is 1.96. The first-order valence-corrected chi connectivity index (χ1v) is 10.7. The van der Waals surface area contributed by atoms with Gasteiger partial charge in [0.25, 0.3) is 5.91 Å².